The molecule has 1 aromatic heterocycles. The maximum atomic E-state index is 13.8. The second-order valence-corrected chi connectivity index (χ2v) is 7.84. The summed E-state index contributed by atoms with van der Waals surface area (Å²) < 4.78 is 28.5. The molecule has 0 spiro atoms. The standard InChI is InChI=1S/C20H22F2N6O4/c1-20(2,23)17(30)26-5-7-27(8-6-26)18(31)24-16-3-4-28(19(32)25-16)12-9-14(21)13(11-29)15(22)10-12/h3-4,9-11H,5-8,23H2,1-2H3,(H,24,25,31,32). The Bertz CT molecular complexity index is 1100. The number of anilines is 1. The fourth-order valence-electron chi connectivity index (χ4n) is 3.20. The number of aldehydes is 1. The van der Waals surface area contributed by atoms with Crippen molar-refractivity contribution in [2.75, 3.05) is 31.5 Å². The summed E-state index contributed by atoms with van der Waals surface area (Å²) in [5.41, 5.74) is 3.03. The average molecular weight is 448 g/mol. The highest BCUT2D eigenvalue weighted by atomic mass is 19.1. The van der Waals surface area contributed by atoms with Gasteiger partial charge in [0.1, 0.15) is 17.5 Å². The van der Waals surface area contributed by atoms with Crippen molar-refractivity contribution in [3.8, 4) is 5.69 Å². The molecule has 0 radical (unpaired) electrons. The summed E-state index contributed by atoms with van der Waals surface area (Å²) in [4.78, 5) is 54.5. The number of carbonyl (C=O) groups is 3. The molecule has 3 rings (SSSR count). The molecule has 0 saturated carbocycles. The van der Waals surface area contributed by atoms with Gasteiger partial charge in [0.05, 0.1) is 16.8 Å². The van der Waals surface area contributed by atoms with E-state index < -0.39 is 34.5 Å². The zero-order chi connectivity index (χ0) is 23.6. The minimum absolute atomic E-state index is 0.0424. The number of rotatable bonds is 4. The van der Waals surface area contributed by atoms with Crippen molar-refractivity contribution in [1.29, 1.82) is 0 Å². The molecule has 32 heavy (non-hydrogen) atoms. The first-order valence-electron chi connectivity index (χ1n) is 9.69. The third-order valence-corrected chi connectivity index (χ3v) is 4.90. The van der Waals surface area contributed by atoms with Crippen LogP contribution in [0, 0.1) is 11.6 Å². The predicted octanol–water partition coefficient (Wildman–Crippen LogP) is 0.737. The van der Waals surface area contributed by atoms with Gasteiger partial charge in [0, 0.05) is 32.4 Å². The highest BCUT2D eigenvalue weighted by Crippen LogP contribution is 2.16. The number of urea groups is 1. The van der Waals surface area contributed by atoms with Gasteiger partial charge in [-0.1, -0.05) is 0 Å². The molecule has 170 valence electrons. The van der Waals surface area contributed by atoms with Crippen LogP contribution in [0.25, 0.3) is 5.69 Å². The molecule has 0 unspecified atom stereocenters. The smallest absolute Gasteiger partial charge is 0.338 e. The Balaban J connectivity index is 1.68. The Morgan fingerprint density at radius 1 is 1.12 bits per heavy atom. The first kappa shape index (κ1) is 23.0. The topological polar surface area (TPSA) is 131 Å². The lowest BCUT2D eigenvalue weighted by Gasteiger charge is -2.37. The highest BCUT2D eigenvalue weighted by molar-refractivity contribution is 5.89. The van der Waals surface area contributed by atoms with Gasteiger partial charge in [-0.25, -0.2) is 18.4 Å². The minimum Gasteiger partial charge on any atom is -0.338 e. The number of piperazine rings is 1. The summed E-state index contributed by atoms with van der Waals surface area (Å²) in [7, 11) is 0. The molecule has 1 fully saturated rings. The molecule has 0 aliphatic carbocycles. The third-order valence-electron chi connectivity index (χ3n) is 4.90. The fourth-order valence-corrected chi connectivity index (χ4v) is 3.20. The van der Waals surface area contributed by atoms with Gasteiger partial charge >= 0.3 is 11.7 Å². The van der Waals surface area contributed by atoms with E-state index in [0.29, 0.717) is 13.1 Å². The van der Waals surface area contributed by atoms with Crippen LogP contribution in [0.15, 0.2) is 29.2 Å². The van der Waals surface area contributed by atoms with E-state index in [9.17, 15) is 28.0 Å². The molecule has 1 saturated heterocycles. The van der Waals surface area contributed by atoms with Crippen LogP contribution >= 0.6 is 0 Å². The normalized spacial score (nSPS) is 14.3. The van der Waals surface area contributed by atoms with Crippen LogP contribution in [0.4, 0.5) is 19.4 Å². The van der Waals surface area contributed by atoms with Gasteiger partial charge in [0.15, 0.2) is 6.29 Å². The largest absolute Gasteiger partial charge is 0.354 e. The van der Waals surface area contributed by atoms with Gasteiger partial charge in [-0.3, -0.25) is 19.5 Å². The van der Waals surface area contributed by atoms with Gasteiger partial charge in [-0.2, -0.15) is 4.98 Å². The summed E-state index contributed by atoms with van der Waals surface area (Å²) >= 11 is 0. The lowest BCUT2D eigenvalue weighted by atomic mass is 10.1. The molecule has 1 aliphatic heterocycles. The molecule has 0 bridgehead atoms. The average Bonchev–Trinajstić information content (AvgIpc) is 2.72. The van der Waals surface area contributed by atoms with E-state index in [4.69, 9.17) is 5.73 Å². The number of hydrogen-bond donors (Lipinski definition) is 2. The van der Waals surface area contributed by atoms with E-state index in [2.05, 4.69) is 10.3 Å². The van der Waals surface area contributed by atoms with Crippen LogP contribution in [0.2, 0.25) is 0 Å². The second-order valence-electron chi connectivity index (χ2n) is 7.84. The van der Waals surface area contributed by atoms with Gasteiger partial charge in [0.2, 0.25) is 5.91 Å². The maximum Gasteiger partial charge on any atom is 0.354 e. The zero-order valence-electron chi connectivity index (χ0n) is 17.5. The van der Waals surface area contributed by atoms with Crippen LogP contribution in [0.3, 0.4) is 0 Å². The van der Waals surface area contributed by atoms with Crippen LogP contribution in [-0.4, -0.2) is 69.3 Å². The van der Waals surface area contributed by atoms with Crippen molar-refractivity contribution < 1.29 is 23.2 Å². The molecule has 1 aromatic carbocycles. The maximum absolute atomic E-state index is 13.8. The van der Waals surface area contributed by atoms with Crippen LogP contribution in [0.5, 0.6) is 0 Å². The zero-order valence-corrected chi connectivity index (χ0v) is 17.5. The van der Waals surface area contributed by atoms with E-state index in [1.165, 1.54) is 17.2 Å². The van der Waals surface area contributed by atoms with Gasteiger partial charge in [0.25, 0.3) is 0 Å². The van der Waals surface area contributed by atoms with Crippen molar-refractivity contribution in [3.05, 3.63) is 52.1 Å². The van der Waals surface area contributed by atoms with Crippen molar-refractivity contribution in [1.82, 2.24) is 19.4 Å². The number of nitrogens with two attached hydrogens (primary N) is 1. The monoisotopic (exact) mass is 448 g/mol. The first-order valence-corrected chi connectivity index (χ1v) is 9.69. The van der Waals surface area contributed by atoms with Crippen LogP contribution in [0.1, 0.15) is 24.2 Å². The van der Waals surface area contributed by atoms with Crippen molar-refractivity contribution in [3.63, 3.8) is 0 Å². The van der Waals surface area contributed by atoms with Gasteiger partial charge in [-0.05, 0) is 32.0 Å². The number of hydrogen-bond acceptors (Lipinski definition) is 6. The summed E-state index contributed by atoms with van der Waals surface area (Å²) in [5, 5.41) is 2.49. The van der Waals surface area contributed by atoms with Crippen molar-refractivity contribution in [2.45, 2.75) is 19.4 Å². The third kappa shape index (κ3) is 4.80. The summed E-state index contributed by atoms with van der Waals surface area (Å²) in [6, 6.07) is 2.44. The number of amides is 3. The quantitative estimate of drug-likeness (QED) is 0.664. The van der Waals surface area contributed by atoms with E-state index in [0.717, 1.165) is 16.7 Å². The summed E-state index contributed by atoms with van der Waals surface area (Å²) in [6.45, 7) is 4.40. The Morgan fingerprint density at radius 2 is 1.69 bits per heavy atom. The van der Waals surface area contributed by atoms with Crippen molar-refractivity contribution >= 4 is 24.0 Å². The van der Waals surface area contributed by atoms with E-state index in [1.54, 1.807) is 18.7 Å². The Hall–Kier alpha value is -3.67. The lowest BCUT2D eigenvalue weighted by Crippen LogP contribution is -2.58. The van der Waals surface area contributed by atoms with Gasteiger partial charge < -0.3 is 15.5 Å². The van der Waals surface area contributed by atoms with Crippen molar-refractivity contribution in [2.24, 2.45) is 5.73 Å². The minimum atomic E-state index is -1.12. The molecule has 10 nitrogen and oxygen atoms in total. The fraction of sp³-hybridized carbons (Fsp3) is 0.350. The van der Waals surface area contributed by atoms with E-state index >= 15 is 0 Å². The predicted molar refractivity (Wildman–Crippen MR) is 111 cm³/mol. The number of nitrogens with zero attached hydrogens (tertiary/aromatic N) is 4. The number of benzene rings is 1. The molecular weight excluding hydrogens is 426 g/mol. The van der Waals surface area contributed by atoms with Gasteiger partial charge in [-0.15, -0.1) is 0 Å². The number of nitrogens with one attached hydrogen (secondary N) is 1. The Morgan fingerprint density at radius 3 is 2.19 bits per heavy atom. The molecular formula is C20H22F2N6O4. The second kappa shape index (κ2) is 8.83. The SMILES string of the molecule is CC(C)(N)C(=O)N1CCN(C(=O)Nc2ccn(-c3cc(F)c(C=O)c(F)c3)c(=O)n2)CC1. The van der Waals surface area contributed by atoms with Crippen LogP contribution in [-0.2, 0) is 4.79 Å². The molecule has 1 aliphatic rings. The molecule has 2 aromatic rings. The summed E-state index contributed by atoms with van der Waals surface area (Å²) in [5.74, 6) is -2.50. The molecule has 2 heterocycles. The number of carbonyl (C=O) groups excluding carboxylic acids is 3. The molecule has 12 heteroatoms. The number of halogens is 2. The van der Waals surface area contributed by atoms with Crippen LogP contribution < -0.4 is 16.7 Å². The molecule has 3 N–H and O–H groups in total. The molecule has 3 amide bonds. The highest BCUT2D eigenvalue weighted by Gasteiger charge is 2.31. The molecule has 0 atom stereocenters. The lowest BCUT2D eigenvalue weighted by molar-refractivity contribution is -0.137. The number of aromatic nitrogens is 2. The Kier molecular flexibility index (Phi) is 6.35. The Labute approximate surface area is 181 Å². The first-order chi connectivity index (χ1) is 15.0. The van der Waals surface area contributed by atoms with E-state index in [1.807, 2.05) is 0 Å². The van der Waals surface area contributed by atoms with E-state index in [-0.39, 0.29) is 36.8 Å². The summed E-state index contributed by atoms with van der Waals surface area (Å²) in [6.07, 6.45) is 1.24.